The molecule has 4 rings (SSSR count). The van der Waals surface area contributed by atoms with Crippen molar-refractivity contribution in [2.75, 3.05) is 38.7 Å². The quantitative estimate of drug-likeness (QED) is 0.553. The van der Waals surface area contributed by atoms with E-state index in [4.69, 9.17) is 15.7 Å². The summed E-state index contributed by atoms with van der Waals surface area (Å²) in [5.74, 6) is -0.812. The van der Waals surface area contributed by atoms with E-state index in [-0.39, 0.29) is 5.69 Å². The highest BCUT2D eigenvalue weighted by molar-refractivity contribution is 5.88. The maximum atomic E-state index is 13.1. The van der Waals surface area contributed by atoms with Crippen molar-refractivity contribution in [3.05, 3.63) is 77.0 Å². The minimum Gasteiger partial charge on any atom is -0.383 e. The molecular formula is C25H28F2N6O2. The fourth-order valence-corrected chi connectivity index (χ4v) is 3.92. The van der Waals surface area contributed by atoms with Gasteiger partial charge in [-0.25, -0.2) is 18.3 Å². The van der Waals surface area contributed by atoms with Gasteiger partial charge in [0.15, 0.2) is 17.3 Å². The van der Waals surface area contributed by atoms with E-state index in [1.165, 1.54) is 16.8 Å². The highest BCUT2D eigenvalue weighted by Crippen LogP contribution is 2.28. The zero-order valence-corrected chi connectivity index (χ0v) is 19.7. The van der Waals surface area contributed by atoms with Gasteiger partial charge in [0, 0.05) is 25.8 Å². The van der Waals surface area contributed by atoms with Crippen LogP contribution in [0.5, 0.6) is 0 Å². The molecule has 0 bridgehead atoms. The molecule has 0 spiro atoms. The van der Waals surface area contributed by atoms with Gasteiger partial charge in [-0.15, -0.1) is 0 Å². The van der Waals surface area contributed by atoms with E-state index in [1.54, 1.807) is 20.1 Å². The molecule has 0 saturated carbocycles. The summed E-state index contributed by atoms with van der Waals surface area (Å²) in [6.07, 6.45) is 0.995. The van der Waals surface area contributed by atoms with Crippen molar-refractivity contribution in [2.24, 2.45) is 5.73 Å². The Bertz CT molecular complexity index is 1190. The summed E-state index contributed by atoms with van der Waals surface area (Å²) in [5, 5.41) is 15.6. The zero-order valence-electron chi connectivity index (χ0n) is 19.7. The van der Waals surface area contributed by atoms with Gasteiger partial charge >= 0.3 is 6.03 Å². The van der Waals surface area contributed by atoms with Crippen LogP contribution in [0.4, 0.5) is 19.4 Å². The molecule has 1 aliphatic rings. The molecule has 2 amide bonds. The number of hydrogen-bond donors (Lipinski definition) is 2. The summed E-state index contributed by atoms with van der Waals surface area (Å²) in [6, 6.07) is 14.7. The van der Waals surface area contributed by atoms with Crippen LogP contribution in [0.2, 0.25) is 0 Å². The molecule has 35 heavy (non-hydrogen) atoms. The molecule has 184 valence electrons. The van der Waals surface area contributed by atoms with E-state index in [9.17, 15) is 13.6 Å². The zero-order chi connectivity index (χ0) is 25.4. The van der Waals surface area contributed by atoms with Crippen LogP contribution in [0.25, 0.3) is 5.69 Å². The van der Waals surface area contributed by atoms with Gasteiger partial charge in [0.05, 0.1) is 12.3 Å². The third kappa shape index (κ3) is 6.62. The maximum absolute atomic E-state index is 13.1. The Hall–Kier alpha value is -3.81. The molecule has 1 saturated heterocycles. The second kappa shape index (κ2) is 12.1. The number of likely N-dealkylation sites (tertiary alicyclic amines) is 1. The van der Waals surface area contributed by atoms with Crippen LogP contribution in [0.1, 0.15) is 29.2 Å². The number of hydrogen-bond acceptors (Lipinski definition) is 5. The minimum absolute atomic E-state index is 0.252. The number of rotatable bonds is 6. The van der Waals surface area contributed by atoms with Gasteiger partial charge in [-0.05, 0) is 55.6 Å². The van der Waals surface area contributed by atoms with Crippen molar-refractivity contribution in [1.29, 1.82) is 5.26 Å². The number of nitrogens with two attached hydrogens (primary N) is 1. The fraction of sp³-hybridized carbons (Fsp3) is 0.320. The van der Waals surface area contributed by atoms with E-state index in [0.717, 1.165) is 37.3 Å². The SMILES string of the molecule is COCCN1CCC(c2ccc(F)c(F)c2)C1.Cc1c(C#N)nn(-c2ccccc2)c1NC(N)=O. The van der Waals surface area contributed by atoms with Crippen molar-refractivity contribution in [3.8, 4) is 11.8 Å². The molecule has 1 atom stereocenters. The van der Waals surface area contributed by atoms with Gasteiger partial charge in [0.2, 0.25) is 0 Å². The van der Waals surface area contributed by atoms with Crippen LogP contribution in [-0.4, -0.2) is 54.1 Å². The summed E-state index contributed by atoms with van der Waals surface area (Å²) in [4.78, 5) is 13.3. The van der Waals surface area contributed by atoms with Gasteiger partial charge in [-0.2, -0.15) is 10.4 Å². The van der Waals surface area contributed by atoms with E-state index < -0.39 is 17.7 Å². The number of aromatic nitrogens is 2. The van der Waals surface area contributed by atoms with Crippen LogP contribution in [0.3, 0.4) is 0 Å². The Kier molecular flexibility index (Phi) is 8.89. The summed E-state index contributed by atoms with van der Waals surface area (Å²) < 4.78 is 32.5. The Morgan fingerprint density at radius 2 is 2.00 bits per heavy atom. The highest BCUT2D eigenvalue weighted by Gasteiger charge is 2.24. The topological polar surface area (TPSA) is 109 Å². The van der Waals surface area contributed by atoms with Gasteiger partial charge in [-0.3, -0.25) is 5.32 Å². The molecule has 3 aromatic rings. The molecule has 1 aliphatic heterocycles. The second-order valence-electron chi connectivity index (χ2n) is 8.12. The van der Waals surface area contributed by atoms with Crippen molar-refractivity contribution in [2.45, 2.75) is 19.3 Å². The number of nitrogens with one attached hydrogen (secondary N) is 1. The monoisotopic (exact) mass is 482 g/mol. The van der Waals surface area contributed by atoms with Gasteiger partial charge < -0.3 is 15.4 Å². The summed E-state index contributed by atoms with van der Waals surface area (Å²) in [5.41, 5.74) is 7.59. The van der Waals surface area contributed by atoms with Crippen LogP contribution in [0.15, 0.2) is 48.5 Å². The molecule has 1 fully saturated rings. The van der Waals surface area contributed by atoms with Gasteiger partial charge in [-0.1, -0.05) is 24.3 Å². The Labute approximate surface area is 202 Å². The fourth-order valence-electron chi connectivity index (χ4n) is 3.92. The lowest BCUT2D eigenvalue weighted by molar-refractivity contribution is 0.160. The van der Waals surface area contributed by atoms with E-state index in [0.29, 0.717) is 23.9 Å². The number of para-hydroxylation sites is 1. The molecule has 0 aliphatic carbocycles. The van der Waals surface area contributed by atoms with Crippen molar-refractivity contribution in [1.82, 2.24) is 14.7 Å². The summed E-state index contributed by atoms with van der Waals surface area (Å²) >= 11 is 0. The van der Waals surface area contributed by atoms with Crippen molar-refractivity contribution < 1.29 is 18.3 Å². The number of carbonyl (C=O) groups excluding carboxylic acids is 1. The minimum atomic E-state index is -0.775. The number of urea groups is 1. The number of nitriles is 1. The Morgan fingerprint density at radius 3 is 2.63 bits per heavy atom. The summed E-state index contributed by atoms with van der Waals surface area (Å²) in [7, 11) is 1.68. The van der Waals surface area contributed by atoms with E-state index in [1.807, 2.05) is 36.4 Å². The number of benzene rings is 2. The average Bonchev–Trinajstić information content (AvgIpc) is 3.45. The third-order valence-corrected chi connectivity index (χ3v) is 5.77. The maximum Gasteiger partial charge on any atom is 0.317 e. The molecule has 3 N–H and O–H groups in total. The molecule has 1 aromatic heterocycles. The summed E-state index contributed by atoms with van der Waals surface area (Å²) in [6.45, 7) is 5.21. The first-order valence-electron chi connectivity index (χ1n) is 11.1. The van der Waals surface area contributed by atoms with Crippen LogP contribution < -0.4 is 11.1 Å². The molecule has 8 nitrogen and oxygen atoms in total. The number of nitrogens with zero attached hydrogens (tertiary/aromatic N) is 4. The van der Waals surface area contributed by atoms with Crippen LogP contribution in [-0.2, 0) is 4.74 Å². The molecule has 10 heteroatoms. The van der Waals surface area contributed by atoms with Crippen molar-refractivity contribution in [3.63, 3.8) is 0 Å². The molecule has 2 heterocycles. The number of carbonyl (C=O) groups is 1. The smallest absolute Gasteiger partial charge is 0.317 e. The normalized spacial score (nSPS) is 15.2. The number of anilines is 1. The Morgan fingerprint density at radius 1 is 1.26 bits per heavy atom. The average molecular weight is 483 g/mol. The Balaban J connectivity index is 0.000000196. The predicted octanol–water partition coefficient (Wildman–Crippen LogP) is 3.94. The van der Waals surface area contributed by atoms with E-state index >= 15 is 0 Å². The number of halogens is 2. The first-order chi connectivity index (χ1) is 16.8. The first kappa shape index (κ1) is 25.8. The highest BCUT2D eigenvalue weighted by atomic mass is 19.2. The molecular weight excluding hydrogens is 454 g/mol. The lowest BCUT2D eigenvalue weighted by Gasteiger charge is -2.15. The van der Waals surface area contributed by atoms with Crippen molar-refractivity contribution >= 4 is 11.8 Å². The first-order valence-corrected chi connectivity index (χ1v) is 11.1. The van der Waals surface area contributed by atoms with Crippen LogP contribution in [0, 0.1) is 29.9 Å². The largest absolute Gasteiger partial charge is 0.383 e. The predicted molar refractivity (Wildman–Crippen MR) is 128 cm³/mol. The number of primary amides is 1. The lowest BCUT2D eigenvalue weighted by atomic mass is 9.98. The number of methoxy groups -OCH3 is 1. The van der Waals surface area contributed by atoms with Crippen LogP contribution >= 0.6 is 0 Å². The van der Waals surface area contributed by atoms with Gasteiger partial charge in [0.25, 0.3) is 0 Å². The second-order valence-corrected chi connectivity index (χ2v) is 8.12. The molecule has 1 unspecified atom stereocenters. The van der Waals surface area contributed by atoms with Gasteiger partial charge in [0.1, 0.15) is 11.9 Å². The lowest BCUT2D eigenvalue weighted by Crippen LogP contribution is -2.24. The number of ether oxygens (including phenoxy) is 1. The third-order valence-electron chi connectivity index (χ3n) is 5.77. The van der Waals surface area contributed by atoms with E-state index in [2.05, 4.69) is 15.3 Å². The standard InChI is InChI=1S/C13H17F2NO.C12H11N5O/c1-17-7-6-16-5-4-11(9-16)10-2-3-12(14)13(15)8-10;1-8-10(7-13)16-17(11(8)15-12(14)18)9-5-3-2-4-6-9/h2-3,8,11H,4-7,9H2,1H3;2-6H,1H3,(H3,14,15,18). The number of amides is 2. The molecule has 0 radical (unpaired) electrons. The molecule has 2 aromatic carbocycles.